The van der Waals surface area contributed by atoms with Crippen molar-refractivity contribution < 1.29 is 4.79 Å². The van der Waals surface area contributed by atoms with E-state index in [1.807, 2.05) is 6.20 Å². The van der Waals surface area contributed by atoms with Gasteiger partial charge in [0.05, 0.1) is 0 Å². The third-order valence-electron chi connectivity index (χ3n) is 9.28. The molecule has 1 aliphatic heterocycles. The van der Waals surface area contributed by atoms with Crippen molar-refractivity contribution in [3.63, 3.8) is 0 Å². The highest BCUT2D eigenvalue weighted by atomic mass is 16.1. The van der Waals surface area contributed by atoms with E-state index in [4.69, 9.17) is 0 Å². The van der Waals surface area contributed by atoms with Gasteiger partial charge in [0.1, 0.15) is 0 Å². The van der Waals surface area contributed by atoms with E-state index in [2.05, 4.69) is 48.6 Å². The second-order valence-corrected chi connectivity index (χ2v) is 10.4. The van der Waals surface area contributed by atoms with Crippen LogP contribution in [0.3, 0.4) is 0 Å². The van der Waals surface area contributed by atoms with Crippen LogP contribution in [0.4, 0.5) is 0 Å². The van der Waals surface area contributed by atoms with Gasteiger partial charge in [-0.15, -0.1) is 0 Å². The Balaban J connectivity index is 1.42. The molecule has 1 saturated heterocycles. The van der Waals surface area contributed by atoms with Crippen LogP contribution >= 0.6 is 0 Å². The van der Waals surface area contributed by atoms with E-state index in [1.54, 1.807) is 5.57 Å². The van der Waals surface area contributed by atoms with E-state index in [9.17, 15) is 4.79 Å². The zero-order valence-corrected chi connectivity index (χ0v) is 17.4. The van der Waals surface area contributed by atoms with Gasteiger partial charge < -0.3 is 5.32 Å². The third kappa shape index (κ3) is 2.69. The molecule has 5 rings (SSSR count). The predicted molar refractivity (Wildman–Crippen MR) is 112 cm³/mol. The summed E-state index contributed by atoms with van der Waals surface area (Å²) < 4.78 is 0. The summed E-state index contributed by atoms with van der Waals surface area (Å²) in [4.78, 5) is 16.3. The summed E-state index contributed by atoms with van der Waals surface area (Å²) in [6, 6.07) is 4.32. The maximum absolute atomic E-state index is 11.9. The van der Waals surface area contributed by atoms with E-state index < -0.39 is 0 Å². The number of amides is 1. The van der Waals surface area contributed by atoms with Crippen LogP contribution in [-0.2, 0) is 4.79 Å². The van der Waals surface area contributed by atoms with Gasteiger partial charge in [0.2, 0.25) is 5.91 Å². The van der Waals surface area contributed by atoms with Gasteiger partial charge >= 0.3 is 0 Å². The van der Waals surface area contributed by atoms with Crippen LogP contribution < -0.4 is 5.32 Å². The van der Waals surface area contributed by atoms with Gasteiger partial charge in [0.15, 0.2) is 0 Å². The highest BCUT2D eigenvalue weighted by molar-refractivity contribution is 5.76. The summed E-state index contributed by atoms with van der Waals surface area (Å²) in [6.07, 6.45) is 16.0. The van der Waals surface area contributed by atoms with E-state index in [0.717, 1.165) is 30.7 Å². The van der Waals surface area contributed by atoms with Crippen molar-refractivity contribution >= 4 is 11.5 Å². The van der Waals surface area contributed by atoms with Gasteiger partial charge in [-0.2, -0.15) is 0 Å². The van der Waals surface area contributed by atoms with Crippen molar-refractivity contribution in [1.29, 1.82) is 0 Å². The molecule has 1 aromatic rings. The monoisotopic (exact) mass is 378 g/mol. The fraction of sp³-hybridized carbons (Fsp3) is 0.680. The molecule has 28 heavy (non-hydrogen) atoms. The highest BCUT2D eigenvalue weighted by Crippen LogP contribution is 2.66. The van der Waals surface area contributed by atoms with Crippen LogP contribution in [0.2, 0.25) is 0 Å². The Labute approximate surface area is 169 Å². The number of pyridine rings is 1. The van der Waals surface area contributed by atoms with Crippen LogP contribution in [0.25, 0.3) is 5.57 Å². The molecular weight excluding hydrogens is 344 g/mol. The van der Waals surface area contributed by atoms with Gasteiger partial charge in [-0.1, -0.05) is 26.0 Å². The second kappa shape index (κ2) is 6.71. The molecule has 0 unspecified atom stereocenters. The van der Waals surface area contributed by atoms with Crippen molar-refractivity contribution in [3.05, 3.63) is 36.2 Å². The second-order valence-electron chi connectivity index (χ2n) is 10.4. The normalized spacial score (nSPS) is 42.9. The number of nitrogens with one attached hydrogen (secondary N) is 1. The van der Waals surface area contributed by atoms with Crippen molar-refractivity contribution in [2.24, 2.45) is 34.5 Å². The summed E-state index contributed by atoms with van der Waals surface area (Å²) in [6.45, 7) is 6.01. The lowest BCUT2D eigenvalue weighted by Gasteiger charge is -2.59. The maximum Gasteiger partial charge on any atom is 0.220 e. The molecule has 1 aromatic heterocycles. The lowest BCUT2D eigenvalue weighted by atomic mass is 9.46. The quantitative estimate of drug-likeness (QED) is 0.727. The molecule has 3 fully saturated rings. The van der Waals surface area contributed by atoms with Crippen molar-refractivity contribution in [2.75, 3.05) is 6.54 Å². The third-order valence-corrected chi connectivity index (χ3v) is 9.28. The molecular formula is C25H34N2O. The summed E-state index contributed by atoms with van der Waals surface area (Å²) in [5.74, 6) is 3.36. The summed E-state index contributed by atoms with van der Waals surface area (Å²) in [7, 11) is 0. The Bertz CT molecular complexity index is 787. The molecule has 1 N–H and O–H groups in total. The first-order chi connectivity index (χ1) is 13.5. The fourth-order valence-electron chi connectivity index (χ4n) is 7.75. The molecule has 2 saturated carbocycles. The molecule has 150 valence electrons. The number of hydrogen-bond donors (Lipinski definition) is 1. The number of carbonyl (C=O) groups is 1. The Kier molecular flexibility index (Phi) is 4.41. The number of allylic oxidation sites excluding steroid dienone is 2. The lowest BCUT2D eigenvalue weighted by Crippen LogP contribution is -2.54. The van der Waals surface area contributed by atoms with Crippen LogP contribution in [0.5, 0.6) is 0 Å². The number of nitrogens with zero attached hydrogens (tertiary/aromatic N) is 1. The Morgan fingerprint density at radius 1 is 1.14 bits per heavy atom. The van der Waals surface area contributed by atoms with Gasteiger partial charge in [-0.25, -0.2) is 0 Å². The van der Waals surface area contributed by atoms with Gasteiger partial charge in [0, 0.05) is 25.4 Å². The van der Waals surface area contributed by atoms with Crippen molar-refractivity contribution in [1.82, 2.24) is 10.3 Å². The summed E-state index contributed by atoms with van der Waals surface area (Å²) in [5, 5.41) is 3.23. The van der Waals surface area contributed by atoms with Crippen LogP contribution in [0.15, 0.2) is 30.6 Å². The minimum absolute atomic E-state index is 0.265. The van der Waals surface area contributed by atoms with E-state index in [0.29, 0.717) is 23.2 Å². The van der Waals surface area contributed by atoms with E-state index in [1.165, 1.54) is 44.1 Å². The Morgan fingerprint density at radius 2 is 2.04 bits per heavy atom. The molecule has 3 aliphatic carbocycles. The van der Waals surface area contributed by atoms with Crippen LogP contribution in [0, 0.1) is 34.5 Å². The number of carbonyl (C=O) groups excluding carboxylic acids is 1. The molecule has 6 atom stereocenters. The Hall–Kier alpha value is -1.64. The lowest BCUT2D eigenvalue weighted by molar-refractivity contribution is -0.125. The smallest absolute Gasteiger partial charge is 0.220 e. The molecule has 2 heterocycles. The largest absolute Gasteiger partial charge is 0.356 e. The molecule has 1 amide bonds. The average molecular weight is 379 g/mol. The first-order valence-corrected chi connectivity index (χ1v) is 11.4. The molecule has 3 heteroatoms. The molecule has 0 radical (unpaired) electrons. The van der Waals surface area contributed by atoms with Gasteiger partial charge in [0.25, 0.3) is 0 Å². The number of fused-ring (bicyclic) bond motifs is 5. The van der Waals surface area contributed by atoms with E-state index >= 15 is 0 Å². The zero-order chi connectivity index (χ0) is 19.4. The fourth-order valence-corrected chi connectivity index (χ4v) is 7.75. The standard InChI is InChI=1S/C25H34N2O/c1-24-12-3-6-23(28)27-16-18(24)7-8-19-21-10-9-20(17-5-4-14-26-15-17)25(21,2)13-11-22(19)24/h4-5,9,14-15,18-19,21-22H,3,6-8,10-13,16H2,1-2H3,(H,27,28)/t18-,19-,21-,22-,24-,25+/m0/s1. The van der Waals surface area contributed by atoms with E-state index in [-0.39, 0.29) is 5.91 Å². The number of rotatable bonds is 1. The molecule has 0 spiro atoms. The maximum atomic E-state index is 11.9. The zero-order valence-electron chi connectivity index (χ0n) is 17.4. The van der Waals surface area contributed by atoms with Gasteiger partial charge in [-0.05, 0) is 96.7 Å². The topological polar surface area (TPSA) is 42.0 Å². The highest BCUT2D eigenvalue weighted by Gasteiger charge is 2.57. The van der Waals surface area contributed by atoms with Crippen molar-refractivity contribution in [2.45, 2.75) is 65.2 Å². The molecule has 3 nitrogen and oxygen atoms in total. The predicted octanol–water partition coefficient (Wildman–Crippen LogP) is 5.23. The minimum atomic E-state index is 0.265. The number of aromatic nitrogens is 1. The van der Waals surface area contributed by atoms with Crippen LogP contribution in [-0.4, -0.2) is 17.4 Å². The first-order valence-electron chi connectivity index (χ1n) is 11.4. The minimum Gasteiger partial charge on any atom is -0.356 e. The molecule has 4 aliphatic rings. The summed E-state index contributed by atoms with van der Waals surface area (Å²) >= 11 is 0. The SMILES string of the molecule is C[C@]12CCCC(=O)NC[C@@H]1CC[C@@H]1[C@@H]2CC[C@]2(C)C(c3cccnc3)=CC[C@@H]12. The van der Waals surface area contributed by atoms with Crippen molar-refractivity contribution in [3.8, 4) is 0 Å². The first kappa shape index (κ1) is 18.4. The molecule has 0 aromatic carbocycles. The number of hydrogen-bond acceptors (Lipinski definition) is 2. The molecule has 0 bridgehead atoms. The summed E-state index contributed by atoms with van der Waals surface area (Å²) in [5.41, 5.74) is 3.60. The Morgan fingerprint density at radius 3 is 2.86 bits per heavy atom. The average Bonchev–Trinajstić information content (AvgIpc) is 3.04. The van der Waals surface area contributed by atoms with Crippen LogP contribution in [0.1, 0.15) is 70.8 Å². The van der Waals surface area contributed by atoms with Gasteiger partial charge in [-0.3, -0.25) is 9.78 Å².